The quantitative estimate of drug-likeness (QED) is 0.742. The highest BCUT2D eigenvalue weighted by Gasteiger charge is 2.26. The second-order valence-electron chi connectivity index (χ2n) is 6.48. The lowest BCUT2D eigenvalue weighted by molar-refractivity contribution is 0.252. The Balaban J connectivity index is 1.24. The molecule has 0 atom stereocenters. The van der Waals surface area contributed by atoms with Crippen molar-refractivity contribution in [3.63, 3.8) is 0 Å². The number of anilines is 1. The Hall–Kier alpha value is -2.73. The van der Waals surface area contributed by atoms with E-state index in [0.29, 0.717) is 6.54 Å². The second-order valence-corrected chi connectivity index (χ2v) is 7.32. The van der Waals surface area contributed by atoms with Gasteiger partial charge in [-0.1, -0.05) is 54.2 Å². The molecule has 0 spiro atoms. The van der Waals surface area contributed by atoms with Gasteiger partial charge in [0.2, 0.25) is 0 Å². The molecule has 27 heavy (non-hydrogen) atoms. The molecule has 0 unspecified atom stereocenters. The van der Waals surface area contributed by atoms with Crippen LogP contribution in [-0.2, 0) is 6.42 Å². The normalized spacial score (nSPS) is 15.2. The monoisotopic (exact) mass is 378 g/mol. The Labute approximate surface area is 163 Å². The highest BCUT2D eigenvalue weighted by Crippen LogP contribution is 2.35. The number of aryl methyl sites for hydroxylation is 1. The molecular formula is C21H22N4OS. The number of fused-ring (bicyclic) bond motifs is 1. The Morgan fingerprint density at radius 2 is 1.93 bits per heavy atom. The van der Waals surface area contributed by atoms with Gasteiger partial charge in [0.25, 0.3) is 0 Å². The molecule has 2 heterocycles. The lowest BCUT2D eigenvalue weighted by atomic mass is 10.1. The minimum absolute atomic E-state index is 0.166. The maximum atomic E-state index is 12.1. The lowest BCUT2D eigenvalue weighted by Gasteiger charge is -2.17. The van der Waals surface area contributed by atoms with Gasteiger partial charge in [-0.05, 0) is 36.1 Å². The summed E-state index contributed by atoms with van der Waals surface area (Å²) in [5, 5.41) is 9.03. The maximum Gasteiger partial charge on any atom is 0.319 e. The van der Waals surface area contributed by atoms with E-state index in [2.05, 4.69) is 38.1 Å². The SMILES string of the molecule is O=C(NCCCc1ccccc1)Nc1ccc(C2=CSC3=NCCN23)cc1. The molecule has 0 saturated heterocycles. The van der Waals surface area contributed by atoms with Gasteiger partial charge >= 0.3 is 6.03 Å². The first-order chi connectivity index (χ1) is 13.3. The van der Waals surface area contributed by atoms with Gasteiger partial charge in [0.15, 0.2) is 5.17 Å². The van der Waals surface area contributed by atoms with Crippen molar-refractivity contribution in [3.05, 3.63) is 71.1 Å². The van der Waals surface area contributed by atoms with E-state index in [-0.39, 0.29) is 6.03 Å². The van der Waals surface area contributed by atoms with Crippen molar-refractivity contribution in [3.8, 4) is 0 Å². The summed E-state index contributed by atoms with van der Waals surface area (Å²) in [5.41, 5.74) is 4.42. The number of benzene rings is 2. The standard InChI is InChI=1S/C21H22N4OS/c26-20(22-12-4-7-16-5-2-1-3-6-16)24-18-10-8-17(9-11-18)19-15-27-21-23-13-14-25(19)21/h1-3,5-6,8-11,15H,4,7,12-14H2,(H2,22,24,26). The summed E-state index contributed by atoms with van der Waals surface area (Å²) in [5.74, 6) is 0. The number of hydrogen-bond acceptors (Lipinski definition) is 4. The molecule has 6 heteroatoms. The van der Waals surface area contributed by atoms with Gasteiger partial charge in [-0.25, -0.2) is 4.79 Å². The number of nitrogens with one attached hydrogen (secondary N) is 2. The van der Waals surface area contributed by atoms with E-state index in [1.54, 1.807) is 11.8 Å². The van der Waals surface area contributed by atoms with Gasteiger partial charge in [-0.3, -0.25) is 4.99 Å². The second kappa shape index (κ2) is 8.31. The molecule has 4 rings (SSSR count). The number of amides is 2. The highest BCUT2D eigenvalue weighted by atomic mass is 32.2. The van der Waals surface area contributed by atoms with Crippen LogP contribution in [0.15, 0.2) is 65.0 Å². The molecule has 5 nitrogen and oxygen atoms in total. The first-order valence-electron chi connectivity index (χ1n) is 9.18. The zero-order chi connectivity index (χ0) is 18.5. The largest absolute Gasteiger partial charge is 0.338 e. The summed E-state index contributed by atoms with van der Waals surface area (Å²) >= 11 is 1.67. The Kier molecular flexibility index (Phi) is 5.44. The third-order valence-electron chi connectivity index (χ3n) is 4.58. The molecule has 0 fully saturated rings. The molecule has 2 aromatic rings. The molecule has 0 saturated carbocycles. The molecule has 2 aliphatic heterocycles. The van der Waals surface area contributed by atoms with Gasteiger partial charge in [0.1, 0.15) is 0 Å². The van der Waals surface area contributed by atoms with Crippen molar-refractivity contribution in [1.29, 1.82) is 0 Å². The van der Waals surface area contributed by atoms with E-state index in [4.69, 9.17) is 0 Å². The van der Waals surface area contributed by atoms with Crippen molar-refractivity contribution >= 4 is 34.3 Å². The van der Waals surface area contributed by atoms with E-state index in [9.17, 15) is 4.79 Å². The average Bonchev–Trinajstić information content (AvgIpc) is 3.31. The number of thioether (sulfide) groups is 1. The summed E-state index contributed by atoms with van der Waals surface area (Å²) in [6.45, 7) is 2.46. The molecule has 0 aliphatic carbocycles. The van der Waals surface area contributed by atoms with Crippen LogP contribution in [0.2, 0.25) is 0 Å². The van der Waals surface area contributed by atoms with E-state index in [1.165, 1.54) is 11.3 Å². The van der Waals surface area contributed by atoms with E-state index >= 15 is 0 Å². The minimum Gasteiger partial charge on any atom is -0.338 e. The number of carbonyl (C=O) groups is 1. The number of aliphatic imine (C=N–C) groups is 1. The Morgan fingerprint density at radius 1 is 1.11 bits per heavy atom. The van der Waals surface area contributed by atoms with Crippen LogP contribution in [0.3, 0.4) is 0 Å². The average molecular weight is 379 g/mol. The predicted octanol–water partition coefficient (Wildman–Crippen LogP) is 4.16. The molecule has 0 aromatic heterocycles. The fraction of sp³-hybridized carbons (Fsp3) is 0.238. The molecule has 2 aromatic carbocycles. The number of amidine groups is 1. The van der Waals surface area contributed by atoms with Gasteiger partial charge in [0, 0.05) is 24.2 Å². The number of carbonyl (C=O) groups excluding carboxylic acids is 1. The molecule has 2 amide bonds. The Morgan fingerprint density at radius 3 is 2.74 bits per heavy atom. The number of urea groups is 1. The van der Waals surface area contributed by atoms with Crippen LogP contribution >= 0.6 is 11.8 Å². The van der Waals surface area contributed by atoms with Crippen molar-refractivity contribution in [2.45, 2.75) is 12.8 Å². The summed E-state index contributed by atoms with van der Waals surface area (Å²) in [6.07, 6.45) is 1.88. The number of hydrogen-bond donors (Lipinski definition) is 2. The van der Waals surface area contributed by atoms with Crippen LogP contribution in [0.1, 0.15) is 17.5 Å². The molecular weight excluding hydrogens is 356 g/mol. The van der Waals surface area contributed by atoms with Crippen molar-refractivity contribution in [2.24, 2.45) is 4.99 Å². The van der Waals surface area contributed by atoms with E-state index < -0.39 is 0 Å². The zero-order valence-corrected chi connectivity index (χ0v) is 15.8. The van der Waals surface area contributed by atoms with Crippen LogP contribution < -0.4 is 10.6 Å². The number of rotatable bonds is 6. The van der Waals surface area contributed by atoms with Crippen LogP contribution in [-0.4, -0.2) is 35.7 Å². The predicted molar refractivity (Wildman–Crippen MR) is 113 cm³/mol. The zero-order valence-electron chi connectivity index (χ0n) is 15.0. The number of nitrogens with zero attached hydrogens (tertiary/aromatic N) is 2. The van der Waals surface area contributed by atoms with Crippen molar-refractivity contribution in [2.75, 3.05) is 25.0 Å². The highest BCUT2D eigenvalue weighted by molar-refractivity contribution is 8.16. The fourth-order valence-corrected chi connectivity index (χ4v) is 4.15. The van der Waals surface area contributed by atoms with Gasteiger partial charge in [-0.2, -0.15) is 0 Å². The van der Waals surface area contributed by atoms with Crippen LogP contribution in [0.5, 0.6) is 0 Å². The van der Waals surface area contributed by atoms with Crippen LogP contribution in [0.4, 0.5) is 10.5 Å². The molecule has 0 bridgehead atoms. The van der Waals surface area contributed by atoms with Gasteiger partial charge in [0.05, 0.1) is 12.2 Å². The van der Waals surface area contributed by atoms with Crippen molar-refractivity contribution in [1.82, 2.24) is 10.2 Å². The first kappa shape index (κ1) is 17.7. The smallest absolute Gasteiger partial charge is 0.319 e. The lowest BCUT2D eigenvalue weighted by Crippen LogP contribution is -2.29. The van der Waals surface area contributed by atoms with Crippen LogP contribution in [0.25, 0.3) is 5.70 Å². The third-order valence-corrected chi connectivity index (χ3v) is 5.48. The third kappa shape index (κ3) is 4.34. The molecule has 2 N–H and O–H groups in total. The Bertz CT molecular complexity index is 862. The summed E-state index contributed by atoms with van der Waals surface area (Å²) < 4.78 is 0. The van der Waals surface area contributed by atoms with Crippen molar-refractivity contribution < 1.29 is 4.79 Å². The molecule has 138 valence electrons. The van der Waals surface area contributed by atoms with Gasteiger partial charge in [-0.15, -0.1) is 0 Å². The molecule has 2 aliphatic rings. The molecule has 0 radical (unpaired) electrons. The summed E-state index contributed by atoms with van der Waals surface area (Å²) in [6, 6.07) is 18.1. The summed E-state index contributed by atoms with van der Waals surface area (Å²) in [4.78, 5) is 18.8. The topological polar surface area (TPSA) is 56.7 Å². The first-order valence-corrected chi connectivity index (χ1v) is 10.1. The fourth-order valence-electron chi connectivity index (χ4n) is 3.19. The maximum absolute atomic E-state index is 12.1. The summed E-state index contributed by atoms with van der Waals surface area (Å²) in [7, 11) is 0. The van der Waals surface area contributed by atoms with Crippen LogP contribution in [0, 0.1) is 0 Å². The van der Waals surface area contributed by atoms with E-state index in [1.807, 2.05) is 42.5 Å². The minimum atomic E-state index is -0.166. The van der Waals surface area contributed by atoms with Gasteiger partial charge < -0.3 is 15.5 Å². The van der Waals surface area contributed by atoms with E-state index in [0.717, 1.165) is 42.3 Å².